The predicted molar refractivity (Wildman–Crippen MR) is 88.0 cm³/mol. The molecule has 0 spiro atoms. The topological polar surface area (TPSA) is 37.4 Å². The van der Waals surface area contributed by atoms with Gasteiger partial charge in [0.05, 0.1) is 10.9 Å². The molecule has 2 aromatic carbocycles. The molecule has 0 aliphatic carbocycles. The highest BCUT2D eigenvalue weighted by molar-refractivity contribution is 7.89. The van der Waals surface area contributed by atoms with Crippen molar-refractivity contribution in [1.29, 1.82) is 0 Å². The van der Waals surface area contributed by atoms with Gasteiger partial charge in [-0.2, -0.15) is 4.31 Å². The number of sulfonamides is 1. The molecule has 0 unspecified atom stereocenters. The third-order valence-electron chi connectivity index (χ3n) is 4.15. The van der Waals surface area contributed by atoms with E-state index in [-0.39, 0.29) is 12.1 Å². The molecule has 0 bridgehead atoms. The number of nitrogens with zero attached hydrogens (tertiary/aromatic N) is 1. The third-order valence-corrected chi connectivity index (χ3v) is 6.10. The van der Waals surface area contributed by atoms with Crippen LogP contribution in [0.25, 0.3) is 0 Å². The Morgan fingerprint density at radius 1 is 1.09 bits per heavy atom. The van der Waals surface area contributed by atoms with E-state index in [4.69, 9.17) is 0 Å². The molecule has 2 aromatic rings. The van der Waals surface area contributed by atoms with Crippen LogP contribution in [0.1, 0.15) is 23.6 Å². The zero-order valence-electron chi connectivity index (χ0n) is 12.5. The Balaban J connectivity index is 1.99. The van der Waals surface area contributed by atoms with E-state index in [1.165, 1.54) is 0 Å². The standard InChI is InChI=1S/C18H19NO2S/c1-3-16-13-18(15-7-5-4-6-8-15)19(16)22(20,21)17-11-9-14(2)10-12-17/h3-12,16,18H,1,13H2,2H3/t16-,18+/m1/s1. The lowest BCUT2D eigenvalue weighted by atomic mass is 9.91. The molecule has 1 saturated heterocycles. The predicted octanol–water partition coefficient (Wildman–Crippen LogP) is 3.69. The molecule has 22 heavy (non-hydrogen) atoms. The normalized spacial score (nSPS) is 22.0. The van der Waals surface area contributed by atoms with Gasteiger partial charge >= 0.3 is 0 Å². The second kappa shape index (κ2) is 5.71. The van der Waals surface area contributed by atoms with Gasteiger partial charge in [-0.3, -0.25) is 0 Å². The van der Waals surface area contributed by atoms with Gasteiger partial charge in [0, 0.05) is 6.04 Å². The smallest absolute Gasteiger partial charge is 0.207 e. The van der Waals surface area contributed by atoms with Crippen molar-refractivity contribution in [2.45, 2.75) is 30.3 Å². The molecule has 1 fully saturated rings. The minimum Gasteiger partial charge on any atom is -0.207 e. The van der Waals surface area contributed by atoms with Crippen LogP contribution in [0.15, 0.2) is 72.1 Å². The van der Waals surface area contributed by atoms with Crippen LogP contribution in [0.4, 0.5) is 0 Å². The lowest BCUT2D eigenvalue weighted by Gasteiger charge is -2.46. The lowest BCUT2D eigenvalue weighted by Crippen LogP contribution is -2.52. The first-order valence-corrected chi connectivity index (χ1v) is 8.76. The van der Waals surface area contributed by atoms with Crippen LogP contribution in [-0.4, -0.2) is 18.8 Å². The van der Waals surface area contributed by atoms with Crippen molar-refractivity contribution in [3.8, 4) is 0 Å². The van der Waals surface area contributed by atoms with Gasteiger partial charge in [-0.1, -0.05) is 54.1 Å². The number of hydrogen-bond donors (Lipinski definition) is 0. The zero-order chi connectivity index (χ0) is 15.7. The molecule has 3 rings (SSSR count). The average Bonchev–Trinajstić information content (AvgIpc) is 2.48. The summed E-state index contributed by atoms with van der Waals surface area (Å²) in [5.41, 5.74) is 2.07. The monoisotopic (exact) mass is 313 g/mol. The highest BCUT2D eigenvalue weighted by Crippen LogP contribution is 2.43. The average molecular weight is 313 g/mol. The van der Waals surface area contributed by atoms with E-state index in [0.29, 0.717) is 4.90 Å². The number of hydrogen-bond acceptors (Lipinski definition) is 2. The maximum absolute atomic E-state index is 13.0. The first-order valence-electron chi connectivity index (χ1n) is 7.32. The van der Waals surface area contributed by atoms with Crippen LogP contribution in [0.3, 0.4) is 0 Å². The van der Waals surface area contributed by atoms with Gasteiger partial charge in [0.1, 0.15) is 0 Å². The minimum absolute atomic E-state index is 0.115. The first kappa shape index (κ1) is 15.0. The molecular formula is C18H19NO2S. The molecule has 0 saturated carbocycles. The third kappa shape index (κ3) is 2.49. The molecular weight excluding hydrogens is 294 g/mol. The summed E-state index contributed by atoms with van der Waals surface area (Å²) in [6.07, 6.45) is 2.49. The van der Waals surface area contributed by atoms with E-state index in [2.05, 4.69) is 6.58 Å². The summed E-state index contributed by atoms with van der Waals surface area (Å²) in [6, 6.07) is 16.5. The Morgan fingerprint density at radius 2 is 1.73 bits per heavy atom. The molecule has 3 nitrogen and oxygen atoms in total. The molecule has 2 atom stereocenters. The van der Waals surface area contributed by atoms with E-state index in [9.17, 15) is 8.42 Å². The second-order valence-electron chi connectivity index (χ2n) is 5.61. The number of rotatable bonds is 4. The second-order valence-corrected chi connectivity index (χ2v) is 7.46. The van der Waals surface area contributed by atoms with Gasteiger partial charge in [0.15, 0.2) is 0 Å². The molecule has 0 N–H and O–H groups in total. The maximum Gasteiger partial charge on any atom is 0.244 e. The largest absolute Gasteiger partial charge is 0.244 e. The van der Waals surface area contributed by atoms with Crippen LogP contribution < -0.4 is 0 Å². The van der Waals surface area contributed by atoms with Crippen molar-refractivity contribution in [2.75, 3.05) is 0 Å². The Morgan fingerprint density at radius 3 is 2.32 bits per heavy atom. The summed E-state index contributed by atoms with van der Waals surface area (Å²) in [6.45, 7) is 5.72. The first-order chi connectivity index (χ1) is 10.5. The van der Waals surface area contributed by atoms with Crippen molar-refractivity contribution in [2.24, 2.45) is 0 Å². The fourth-order valence-electron chi connectivity index (χ4n) is 2.87. The van der Waals surface area contributed by atoms with E-state index in [1.807, 2.05) is 49.4 Å². The summed E-state index contributed by atoms with van der Waals surface area (Å²) >= 11 is 0. The van der Waals surface area contributed by atoms with Gasteiger partial charge < -0.3 is 0 Å². The van der Waals surface area contributed by atoms with E-state index in [1.54, 1.807) is 22.5 Å². The fourth-order valence-corrected chi connectivity index (χ4v) is 4.66. The van der Waals surface area contributed by atoms with Gasteiger partial charge in [-0.05, 0) is 31.0 Å². The fraction of sp³-hybridized carbons (Fsp3) is 0.222. The molecule has 0 radical (unpaired) electrons. The molecule has 1 aliphatic heterocycles. The van der Waals surface area contributed by atoms with Crippen LogP contribution >= 0.6 is 0 Å². The summed E-state index contributed by atoms with van der Waals surface area (Å²) in [5, 5.41) is 0. The Labute approximate surface area is 132 Å². The summed E-state index contributed by atoms with van der Waals surface area (Å²) in [5.74, 6) is 0. The van der Waals surface area contributed by atoms with Crippen LogP contribution in [0.5, 0.6) is 0 Å². The quantitative estimate of drug-likeness (QED) is 0.807. The maximum atomic E-state index is 13.0. The SMILES string of the molecule is C=C[C@@H]1C[C@@H](c2ccccc2)N1S(=O)(=O)c1ccc(C)cc1. The summed E-state index contributed by atoms with van der Waals surface area (Å²) in [4.78, 5) is 0.339. The Bertz CT molecular complexity index is 766. The molecule has 0 amide bonds. The Hall–Kier alpha value is -1.91. The van der Waals surface area contributed by atoms with Crippen LogP contribution in [0.2, 0.25) is 0 Å². The summed E-state index contributed by atoms with van der Waals surface area (Å²) < 4.78 is 27.5. The van der Waals surface area contributed by atoms with Gasteiger partial charge in [-0.25, -0.2) is 8.42 Å². The summed E-state index contributed by atoms with van der Waals surface area (Å²) in [7, 11) is -3.52. The lowest BCUT2D eigenvalue weighted by molar-refractivity contribution is 0.146. The molecule has 0 aromatic heterocycles. The van der Waals surface area contributed by atoms with Crippen molar-refractivity contribution < 1.29 is 8.42 Å². The Kier molecular flexibility index (Phi) is 3.89. The van der Waals surface area contributed by atoms with Crippen LogP contribution in [-0.2, 0) is 10.0 Å². The van der Waals surface area contributed by atoms with Crippen molar-refractivity contribution in [3.63, 3.8) is 0 Å². The number of benzene rings is 2. The van der Waals surface area contributed by atoms with Crippen molar-refractivity contribution >= 4 is 10.0 Å². The van der Waals surface area contributed by atoms with Crippen molar-refractivity contribution in [1.82, 2.24) is 4.31 Å². The molecule has 4 heteroatoms. The molecule has 1 aliphatic rings. The minimum atomic E-state index is -3.52. The highest BCUT2D eigenvalue weighted by atomic mass is 32.2. The molecule has 114 valence electrons. The van der Waals surface area contributed by atoms with Gasteiger partial charge in [0.2, 0.25) is 10.0 Å². The van der Waals surface area contributed by atoms with E-state index < -0.39 is 10.0 Å². The molecule has 1 heterocycles. The van der Waals surface area contributed by atoms with E-state index in [0.717, 1.165) is 17.5 Å². The van der Waals surface area contributed by atoms with E-state index >= 15 is 0 Å². The van der Waals surface area contributed by atoms with Crippen LogP contribution in [0, 0.1) is 6.92 Å². The number of aryl methyl sites for hydroxylation is 1. The van der Waals surface area contributed by atoms with Crippen molar-refractivity contribution in [3.05, 3.63) is 78.4 Å². The van der Waals surface area contributed by atoms with Gasteiger partial charge in [0.25, 0.3) is 0 Å². The van der Waals surface area contributed by atoms with Gasteiger partial charge in [-0.15, -0.1) is 6.58 Å². The zero-order valence-corrected chi connectivity index (χ0v) is 13.3. The highest BCUT2D eigenvalue weighted by Gasteiger charge is 2.45.